The third-order valence-electron chi connectivity index (χ3n) is 1.58. The van der Waals surface area contributed by atoms with Crippen LogP contribution < -0.4 is 5.32 Å². The number of nitrogens with one attached hydrogen (secondary N) is 1. The summed E-state index contributed by atoms with van der Waals surface area (Å²) in [6.07, 6.45) is 0. The van der Waals surface area contributed by atoms with Crippen LogP contribution in [0.1, 0.15) is 29.8 Å². The minimum absolute atomic E-state index is 0.216. The molecule has 0 saturated heterocycles. The zero-order valence-corrected chi connectivity index (χ0v) is 9.72. The molecule has 1 aromatic carbocycles. The fourth-order valence-corrected chi connectivity index (χ4v) is 1.11. The molecule has 1 aromatic rings. The highest BCUT2D eigenvalue weighted by Crippen LogP contribution is 2.16. The van der Waals surface area contributed by atoms with E-state index in [2.05, 4.69) is 5.32 Å². The van der Waals surface area contributed by atoms with Gasteiger partial charge >= 0.3 is 0 Å². The van der Waals surface area contributed by atoms with Crippen LogP contribution in [0.5, 0.6) is 0 Å². The van der Waals surface area contributed by atoms with E-state index < -0.39 is 0 Å². The van der Waals surface area contributed by atoms with Crippen molar-refractivity contribution < 1.29 is 4.79 Å². The van der Waals surface area contributed by atoms with Gasteiger partial charge in [-0.15, -0.1) is 0 Å². The van der Waals surface area contributed by atoms with E-state index in [1.807, 2.05) is 19.9 Å². The summed E-state index contributed by atoms with van der Waals surface area (Å²) in [6, 6.07) is 6.47. The van der Waals surface area contributed by atoms with Gasteiger partial charge in [0.25, 0.3) is 5.91 Å². The lowest BCUT2D eigenvalue weighted by Crippen LogP contribution is -2.17. The van der Waals surface area contributed by atoms with E-state index in [0.29, 0.717) is 16.1 Å². The number of rotatable bonds is 1. The van der Waals surface area contributed by atoms with E-state index >= 15 is 0 Å². The predicted molar refractivity (Wildman–Crippen MR) is 60.9 cm³/mol. The van der Waals surface area contributed by atoms with Crippen LogP contribution in [0.4, 0.5) is 0 Å². The quantitative estimate of drug-likeness (QED) is 0.797. The molecule has 0 aliphatic rings. The number of benzene rings is 1. The van der Waals surface area contributed by atoms with Gasteiger partial charge in [0, 0.05) is 12.6 Å². The van der Waals surface area contributed by atoms with Gasteiger partial charge in [-0.2, -0.15) is 5.26 Å². The Balaban J connectivity index is 0.000000921. The van der Waals surface area contributed by atoms with Gasteiger partial charge in [-0.05, 0) is 18.2 Å². The Hall–Kier alpha value is -1.53. The maximum absolute atomic E-state index is 11.1. The maximum Gasteiger partial charge on any atom is 0.251 e. The van der Waals surface area contributed by atoms with Crippen LogP contribution in [0.3, 0.4) is 0 Å². The molecule has 0 fully saturated rings. The number of hydrogen-bond donors (Lipinski definition) is 1. The van der Waals surface area contributed by atoms with Gasteiger partial charge in [0.05, 0.1) is 10.6 Å². The predicted octanol–water partition coefficient (Wildman–Crippen LogP) is 2.60. The van der Waals surface area contributed by atoms with Crippen molar-refractivity contribution in [3.05, 3.63) is 34.3 Å². The van der Waals surface area contributed by atoms with E-state index in [1.54, 1.807) is 6.07 Å². The number of hydrogen-bond acceptors (Lipinski definition) is 2. The molecule has 0 aliphatic heterocycles. The average Bonchev–Trinajstić information content (AvgIpc) is 2.30. The van der Waals surface area contributed by atoms with E-state index in [1.165, 1.54) is 19.2 Å². The Morgan fingerprint density at radius 1 is 1.47 bits per heavy atom. The zero-order chi connectivity index (χ0) is 11.8. The number of nitriles is 1. The third-order valence-corrected chi connectivity index (χ3v) is 1.89. The molecule has 1 amide bonds. The van der Waals surface area contributed by atoms with Crippen molar-refractivity contribution in [1.82, 2.24) is 5.32 Å². The molecule has 15 heavy (non-hydrogen) atoms. The van der Waals surface area contributed by atoms with Crippen molar-refractivity contribution in [3.8, 4) is 6.07 Å². The van der Waals surface area contributed by atoms with Crippen LogP contribution in [0.25, 0.3) is 0 Å². The molecule has 0 aromatic heterocycles. The van der Waals surface area contributed by atoms with Crippen molar-refractivity contribution in [2.75, 3.05) is 7.05 Å². The van der Waals surface area contributed by atoms with Crippen LogP contribution in [0.15, 0.2) is 18.2 Å². The normalized spacial score (nSPS) is 8.20. The van der Waals surface area contributed by atoms with Crippen molar-refractivity contribution in [2.24, 2.45) is 0 Å². The first kappa shape index (κ1) is 13.5. The highest BCUT2D eigenvalue weighted by atomic mass is 35.5. The van der Waals surface area contributed by atoms with E-state index in [-0.39, 0.29) is 5.91 Å². The second kappa shape index (κ2) is 6.86. The maximum atomic E-state index is 11.1. The highest BCUT2D eigenvalue weighted by Gasteiger charge is 2.05. The molecule has 0 heterocycles. The lowest BCUT2D eigenvalue weighted by atomic mass is 10.1. The molecule has 1 N–H and O–H groups in total. The van der Waals surface area contributed by atoms with Crippen molar-refractivity contribution in [3.63, 3.8) is 0 Å². The monoisotopic (exact) mass is 224 g/mol. The molecular formula is C11H13ClN2O. The second-order valence-corrected chi connectivity index (χ2v) is 2.79. The summed E-state index contributed by atoms with van der Waals surface area (Å²) in [5.74, 6) is -0.216. The minimum Gasteiger partial charge on any atom is -0.355 e. The van der Waals surface area contributed by atoms with Gasteiger partial charge in [-0.25, -0.2) is 0 Å². The van der Waals surface area contributed by atoms with Gasteiger partial charge < -0.3 is 5.32 Å². The number of nitrogens with zero attached hydrogens (tertiary/aromatic N) is 1. The number of carbonyl (C=O) groups excluding carboxylic acids is 1. The molecular weight excluding hydrogens is 212 g/mol. The summed E-state index contributed by atoms with van der Waals surface area (Å²) in [7, 11) is 1.54. The van der Waals surface area contributed by atoms with Crippen molar-refractivity contribution in [2.45, 2.75) is 13.8 Å². The second-order valence-electron chi connectivity index (χ2n) is 2.39. The lowest BCUT2D eigenvalue weighted by molar-refractivity contribution is 0.0963. The summed E-state index contributed by atoms with van der Waals surface area (Å²) in [4.78, 5) is 11.1. The summed E-state index contributed by atoms with van der Waals surface area (Å²) in [5, 5.41) is 11.3. The van der Waals surface area contributed by atoms with Gasteiger partial charge in [0.15, 0.2) is 0 Å². The zero-order valence-electron chi connectivity index (χ0n) is 8.97. The standard InChI is InChI=1S/C9H7ClN2O.C2H6/c1-12-9(13)6-2-3-7(5-11)8(10)4-6;1-2/h2-4H,1H3,(H,12,13);1-2H3. The Bertz CT molecular complexity index is 383. The SMILES string of the molecule is CC.CNC(=O)c1ccc(C#N)c(Cl)c1. The number of amides is 1. The fraction of sp³-hybridized carbons (Fsp3) is 0.273. The smallest absolute Gasteiger partial charge is 0.251 e. The Labute approximate surface area is 94.7 Å². The summed E-state index contributed by atoms with van der Waals surface area (Å²) in [6.45, 7) is 4.00. The highest BCUT2D eigenvalue weighted by molar-refractivity contribution is 6.32. The molecule has 0 spiro atoms. The molecule has 80 valence electrons. The Kier molecular flexibility index (Phi) is 6.16. The van der Waals surface area contributed by atoms with Crippen LogP contribution in [-0.4, -0.2) is 13.0 Å². The van der Waals surface area contributed by atoms with Gasteiger partial charge in [0.1, 0.15) is 6.07 Å². The largest absolute Gasteiger partial charge is 0.355 e. The van der Waals surface area contributed by atoms with Crippen molar-refractivity contribution in [1.29, 1.82) is 5.26 Å². The molecule has 0 radical (unpaired) electrons. The molecule has 4 heteroatoms. The molecule has 0 aliphatic carbocycles. The van der Waals surface area contributed by atoms with Crippen molar-refractivity contribution >= 4 is 17.5 Å². The molecule has 1 rings (SSSR count). The minimum atomic E-state index is -0.216. The number of carbonyl (C=O) groups is 1. The van der Waals surface area contributed by atoms with Gasteiger partial charge in [-0.3, -0.25) is 4.79 Å². The molecule has 0 unspecified atom stereocenters. The van der Waals surface area contributed by atoms with Gasteiger partial charge in [0.2, 0.25) is 0 Å². The first-order valence-corrected chi connectivity index (χ1v) is 4.98. The fourth-order valence-electron chi connectivity index (χ4n) is 0.891. The van der Waals surface area contributed by atoms with Crippen LogP contribution in [-0.2, 0) is 0 Å². The van der Waals surface area contributed by atoms with Crippen LogP contribution in [0, 0.1) is 11.3 Å². The molecule has 0 saturated carbocycles. The number of halogens is 1. The van der Waals surface area contributed by atoms with E-state index in [4.69, 9.17) is 16.9 Å². The Morgan fingerprint density at radius 2 is 2.07 bits per heavy atom. The average molecular weight is 225 g/mol. The van der Waals surface area contributed by atoms with Crippen LogP contribution in [0.2, 0.25) is 5.02 Å². The van der Waals surface area contributed by atoms with Crippen LogP contribution >= 0.6 is 11.6 Å². The topological polar surface area (TPSA) is 52.9 Å². The summed E-state index contributed by atoms with van der Waals surface area (Å²) in [5.41, 5.74) is 0.820. The first-order valence-electron chi connectivity index (χ1n) is 4.60. The van der Waals surface area contributed by atoms with Gasteiger partial charge in [-0.1, -0.05) is 25.4 Å². The van der Waals surface area contributed by atoms with E-state index in [9.17, 15) is 4.79 Å². The Morgan fingerprint density at radius 3 is 2.47 bits per heavy atom. The third kappa shape index (κ3) is 3.61. The molecule has 0 bridgehead atoms. The molecule has 3 nitrogen and oxygen atoms in total. The van der Waals surface area contributed by atoms with E-state index in [0.717, 1.165) is 0 Å². The summed E-state index contributed by atoms with van der Waals surface area (Å²) >= 11 is 5.73. The summed E-state index contributed by atoms with van der Waals surface area (Å²) < 4.78 is 0. The lowest BCUT2D eigenvalue weighted by Gasteiger charge is -2.00. The molecule has 0 atom stereocenters. The first-order chi connectivity index (χ1) is 7.19.